The molecule has 0 bridgehead atoms. The summed E-state index contributed by atoms with van der Waals surface area (Å²) in [7, 11) is 0. The largest absolute Gasteiger partial charge is 0.494 e. The second-order valence-electron chi connectivity index (χ2n) is 4.70. The maximum Gasteiger partial charge on any atom is 0.262 e. The van der Waals surface area contributed by atoms with Crippen LogP contribution in [-0.2, 0) is 4.79 Å². The Morgan fingerprint density at radius 2 is 1.86 bits per heavy atom. The summed E-state index contributed by atoms with van der Waals surface area (Å²) in [6, 6.07) is 12.9. The van der Waals surface area contributed by atoms with E-state index in [1.165, 1.54) is 0 Å². The summed E-state index contributed by atoms with van der Waals surface area (Å²) >= 11 is 3.39. The first kappa shape index (κ1) is 16.4. The highest BCUT2D eigenvalue weighted by molar-refractivity contribution is 9.10. The van der Waals surface area contributed by atoms with Gasteiger partial charge in [0.1, 0.15) is 11.5 Å². The molecule has 5 heteroatoms. The summed E-state index contributed by atoms with van der Waals surface area (Å²) in [6.45, 7) is 4.40. The predicted molar refractivity (Wildman–Crippen MR) is 90.6 cm³/mol. The summed E-state index contributed by atoms with van der Waals surface area (Å²) in [5.41, 5.74) is 1.76. The number of carbonyl (C=O) groups excluding carboxylic acids is 1. The summed E-state index contributed by atoms with van der Waals surface area (Å²) < 4.78 is 11.9. The first-order valence-corrected chi connectivity index (χ1v) is 7.79. The molecule has 4 nitrogen and oxygen atoms in total. The third-order valence-electron chi connectivity index (χ3n) is 2.95. The van der Waals surface area contributed by atoms with Crippen molar-refractivity contribution in [3.8, 4) is 11.5 Å². The number of nitrogens with one attached hydrogen (secondary N) is 1. The van der Waals surface area contributed by atoms with Gasteiger partial charge in [0.15, 0.2) is 6.61 Å². The van der Waals surface area contributed by atoms with E-state index in [1.807, 2.05) is 44.2 Å². The highest BCUT2D eigenvalue weighted by atomic mass is 79.9. The second-order valence-corrected chi connectivity index (χ2v) is 5.62. The Hall–Kier alpha value is -2.01. The fourth-order valence-corrected chi connectivity index (χ4v) is 2.40. The molecule has 0 saturated heterocycles. The van der Waals surface area contributed by atoms with Gasteiger partial charge in [0.2, 0.25) is 0 Å². The molecule has 0 heterocycles. The van der Waals surface area contributed by atoms with Gasteiger partial charge >= 0.3 is 0 Å². The first-order chi connectivity index (χ1) is 10.6. The number of rotatable bonds is 6. The number of amides is 1. The van der Waals surface area contributed by atoms with E-state index in [2.05, 4.69) is 21.2 Å². The van der Waals surface area contributed by atoms with Crippen LogP contribution in [0, 0.1) is 6.92 Å². The molecule has 2 aromatic carbocycles. The molecule has 0 radical (unpaired) electrons. The summed E-state index contributed by atoms with van der Waals surface area (Å²) in [5, 5.41) is 2.83. The molecule has 22 heavy (non-hydrogen) atoms. The lowest BCUT2D eigenvalue weighted by Gasteiger charge is -2.10. The van der Waals surface area contributed by atoms with Crippen LogP contribution in [0.4, 0.5) is 5.69 Å². The van der Waals surface area contributed by atoms with E-state index in [-0.39, 0.29) is 12.5 Å². The van der Waals surface area contributed by atoms with Crippen LogP contribution in [0.5, 0.6) is 11.5 Å². The third kappa shape index (κ3) is 4.77. The van der Waals surface area contributed by atoms with Gasteiger partial charge in [-0.05, 0) is 49.7 Å². The lowest BCUT2D eigenvalue weighted by Crippen LogP contribution is -2.20. The van der Waals surface area contributed by atoms with Gasteiger partial charge in [-0.2, -0.15) is 0 Å². The summed E-state index contributed by atoms with van der Waals surface area (Å²) in [4.78, 5) is 12.0. The number of aryl methyl sites for hydroxylation is 1. The minimum Gasteiger partial charge on any atom is -0.494 e. The van der Waals surface area contributed by atoms with Crippen LogP contribution in [0.3, 0.4) is 0 Å². The van der Waals surface area contributed by atoms with Crippen molar-refractivity contribution >= 4 is 27.5 Å². The topological polar surface area (TPSA) is 47.6 Å². The van der Waals surface area contributed by atoms with Gasteiger partial charge < -0.3 is 14.8 Å². The molecule has 2 rings (SSSR count). The molecule has 1 N–H and O–H groups in total. The Kier molecular flexibility index (Phi) is 5.83. The molecule has 0 unspecified atom stereocenters. The van der Waals surface area contributed by atoms with Crippen molar-refractivity contribution in [1.29, 1.82) is 0 Å². The molecule has 0 atom stereocenters. The predicted octanol–water partition coefficient (Wildman–Crippen LogP) is 4.17. The van der Waals surface area contributed by atoms with Crippen molar-refractivity contribution in [2.75, 3.05) is 18.5 Å². The van der Waals surface area contributed by atoms with Crippen LogP contribution < -0.4 is 14.8 Å². The van der Waals surface area contributed by atoms with Gasteiger partial charge in [-0.25, -0.2) is 0 Å². The molecule has 0 fully saturated rings. The van der Waals surface area contributed by atoms with Crippen LogP contribution >= 0.6 is 15.9 Å². The molecule has 0 aliphatic heterocycles. The zero-order valence-corrected chi connectivity index (χ0v) is 14.1. The van der Waals surface area contributed by atoms with Gasteiger partial charge in [-0.3, -0.25) is 4.79 Å². The number of hydrogen-bond acceptors (Lipinski definition) is 3. The molecule has 0 aliphatic carbocycles. The Balaban J connectivity index is 1.91. The Morgan fingerprint density at radius 3 is 2.55 bits per heavy atom. The van der Waals surface area contributed by atoms with Crippen LogP contribution in [0.25, 0.3) is 0 Å². The Morgan fingerprint density at radius 1 is 1.14 bits per heavy atom. The van der Waals surface area contributed by atoms with E-state index in [1.54, 1.807) is 12.1 Å². The lowest BCUT2D eigenvalue weighted by molar-refractivity contribution is -0.118. The van der Waals surface area contributed by atoms with E-state index in [4.69, 9.17) is 9.47 Å². The first-order valence-electron chi connectivity index (χ1n) is 7.00. The molecule has 0 aromatic heterocycles. The van der Waals surface area contributed by atoms with Gasteiger partial charge in [-0.15, -0.1) is 0 Å². The fraction of sp³-hybridized carbons (Fsp3) is 0.235. The minimum atomic E-state index is -0.202. The third-order valence-corrected chi connectivity index (χ3v) is 3.44. The molecular weight excluding hydrogens is 346 g/mol. The molecule has 0 saturated carbocycles. The molecule has 1 amide bonds. The van der Waals surface area contributed by atoms with Crippen LogP contribution in [0.15, 0.2) is 46.9 Å². The minimum absolute atomic E-state index is 0.0505. The number of benzene rings is 2. The van der Waals surface area contributed by atoms with E-state index < -0.39 is 0 Å². The monoisotopic (exact) mass is 363 g/mol. The zero-order valence-electron chi connectivity index (χ0n) is 12.6. The Labute approximate surface area is 138 Å². The zero-order chi connectivity index (χ0) is 15.9. The van der Waals surface area contributed by atoms with Crippen LogP contribution in [0.2, 0.25) is 0 Å². The molecular formula is C17H18BrNO3. The van der Waals surface area contributed by atoms with E-state index in [0.717, 1.165) is 21.5 Å². The number of hydrogen-bond donors (Lipinski definition) is 1. The summed E-state index contributed by atoms with van der Waals surface area (Å²) in [5.74, 6) is 1.13. The number of ether oxygens (including phenoxy) is 2. The standard InChI is InChI=1S/C17H18BrNO3/c1-3-21-14-5-4-6-15(10-14)22-11-17(20)19-16-8-7-13(18)9-12(16)2/h4-10H,3,11H2,1-2H3,(H,19,20). The molecule has 2 aromatic rings. The van der Waals surface area contributed by atoms with Crippen molar-refractivity contribution in [1.82, 2.24) is 0 Å². The Bertz CT molecular complexity index is 658. The second kappa shape index (κ2) is 7.84. The van der Waals surface area contributed by atoms with Crippen LogP contribution in [0.1, 0.15) is 12.5 Å². The van der Waals surface area contributed by atoms with Crippen molar-refractivity contribution < 1.29 is 14.3 Å². The van der Waals surface area contributed by atoms with E-state index in [0.29, 0.717) is 12.4 Å². The van der Waals surface area contributed by atoms with E-state index >= 15 is 0 Å². The number of halogens is 1. The maximum absolute atomic E-state index is 12.0. The van der Waals surface area contributed by atoms with E-state index in [9.17, 15) is 4.79 Å². The average Bonchev–Trinajstić information content (AvgIpc) is 2.49. The maximum atomic E-state index is 12.0. The van der Waals surface area contributed by atoms with Crippen molar-refractivity contribution in [3.05, 3.63) is 52.5 Å². The molecule has 0 spiro atoms. The highest BCUT2D eigenvalue weighted by Crippen LogP contribution is 2.21. The average molecular weight is 364 g/mol. The number of anilines is 1. The normalized spacial score (nSPS) is 10.1. The smallest absolute Gasteiger partial charge is 0.262 e. The molecule has 116 valence electrons. The van der Waals surface area contributed by atoms with Gasteiger partial charge in [-0.1, -0.05) is 22.0 Å². The van der Waals surface area contributed by atoms with Crippen molar-refractivity contribution in [2.45, 2.75) is 13.8 Å². The van der Waals surface area contributed by atoms with Crippen LogP contribution in [-0.4, -0.2) is 19.1 Å². The van der Waals surface area contributed by atoms with Gasteiger partial charge in [0, 0.05) is 16.2 Å². The summed E-state index contributed by atoms with van der Waals surface area (Å²) in [6.07, 6.45) is 0. The molecule has 0 aliphatic rings. The lowest BCUT2D eigenvalue weighted by atomic mass is 10.2. The van der Waals surface area contributed by atoms with Crippen molar-refractivity contribution in [2.24, 2.45) is 0 Å². The highest BCUT2D eigenvalue weighted by Gasteiger charge is 2.06. The quantitative estimate of drug-likeness (QED) is 0.837. The fourth-order valence-electron chi connectivity index (χ4n) is 1.92. The van der Waals surface area contributed by atoms with Gasteiger partial charge in [0.25, 0.3) is 5.91 Å². The van der Waals surface area contributed by atoms with Crippen molar-refractivity contribution in [3.63, 3.8) is 0 Å². The SMILES string of the molecule is CCOc1cccc(OCC(=O)Nc2ccc(Br)cc2C)c1. The van der Waals surface area contributed by atoms with Gasteiger partial charge in [0.05, 0.1) is 6.61 Å². The number of carbonyl (C=O) groups is 1.